The molecule has 1 aliphatic rings. The zero-order valence-electron chi connectivity index (χ0n) is 11.5. The van der Waals surface area contributed by atoms with Crippen molar-refractivity contribution >= 4 is 0 Å². The number of nitrogens with one attached hydrogen (secondary N) is 1. The maximum atomic E-state index is 9.45. The zero-order chi connectivity index (χ0) is 13.9. The number of aromatic hydroxyl groups is 1. The molecule has 0 radical (unpaired) electrons. The van der Waals surface area contributed by atoms with Crippen molar-refractivity contribution in [1.29, 1.82) is 0 Å². The summed E-state index contributed by atoms with van der Waals surface area (Å²) in [7, 11) is 0. The van der Waals surface area contributed by atoms with Gasteiger partial charge in [0.15, 0.2) is 0 Å². The predicted molar refractivity (Wildman–Crippen MR) is 79.2 cm³/mol. The van der Waals surface area contributed by atoms with Gasteiger partial charge in [-0.2, -0.15) is 0 Å². The third-order valence-electron chi connectivity index (χ3n) is 3.82. The number of ether oxygens (including phenoxy) is 1. The van der Waals surface area contributed by atoms with E-state index in [2.05, 4.69) is 36.5 Å². The molecule has 0 saturated heterocycles. The molecule has 104 valence electrons. The molecular weight excluding hydrogens is 250 g/mol. The third-order valence-corrected chi connectivity index (χ3v) is 3.82. The molecule has 0 bridgehead atoms. The van der Waals surface area contributed by atoms with Crippen LogP contribution in [0.2, 0.25) is 0 Å². The van der Waals surface area contributed by atoms with Crippen LogP contribution in [0.5, 0.6) is 11.5 Å². The Balaban J connectivity index is 1.64. The molecule has 0 spiro atoms. The van der Waals surface area contributed by atoms with E-state index in [9.17, 15) is 5.11 Å². The number of phenols is 1. The summed E-state index contributed by atoms with van der Waals surface area (Å²) in [6, 6.07) is 16.0. The Morgan fingerprint density at radius 1 is 1.25 bits per heavy atom. The Bertz CT molecular complexity index is 583. The highest BCUT2D eigenvalue weighted by atomic mass is 16.5. The average molecular weight is 269 g/mol. The van der Waals surface area contributed by atoms with Gasteiger partial charge in [0.2, 0.25) is 0 Å². The number of rotatable bonds is 4. The van der Waals surface area contributed by atoms with Crippen molar-refractivity contribution < 1.29 is 9.84 Å². The van der Waals surface area contributed by atoms with Crippen molar-refractivity contribution in [2.75, 3.05) is 13.2 Å². The van der Waals surface area contributed by atoms with Crippen molar-refractivity contribution in [3.05, 3.63) is 59.7 Å². The molecule has 2 atom stereocenters. The predicted octanol–water partition coefficient (Wildman–Crippen LogP) is 3.22. The lowest BCUT2D eigenvalue weighted by Gasteiger charge is -2.17. The molecular formula is C17H19NO2. The van der Waals surface area contributed by atoms with E-state index in [1.54, 1.807) is 12.1 Å². The Morgan fingerprint density at radius 3 is 2.85 bits per heavy atom. The summed E-state index contributed by atoms with van der Waals surface area (Å²) in [6.45, 7) is 3.74. The Kier molecular flexibility index (Phi) is 3.61. The van der Waals surface area contributed by atoms with Gasteiger partial charge < -0.3 is 15.2 Å². The summed E-state index contributed by atoms with van der Waals surface area (Å²) in [5, 5.41) is 13.0. The van der Waals surface area contributed by atoms with Crippen molar-refractivity contribution in [1.82, 2.24) is 5.32 Å². The minimum absolute atomic E-state index is 0.205. The van der Waals surface area contributed by atoms with Gasteiger partial charge in [-0.05, 0) is 23.6 Å². The van der Waals surface area contributed by atoms with Gasteiger partial charge in [-0.15, -0.1) is 0 Å². The van der Waals surface area contributed by atoms with Crippen LogP contribution in [-0.2, 0) is 0 Å². The molecule has 0 amide bonds. The molecule has 3 rings (SSSR count). The fourth-order valence-corrected chi connectivity index (χ4v) is 2.59. The normalized spacial score (nSPS) is 18.4. The summed E-state index contributed by atoms with van der Waals surface area (Å²) in [4.78, 5) is 0. The molecule has 2 unspecified atom stereocenters. The van der Waals surface area contributed by atoms with Crippen LogP contribution in [0.4, 0.5) is 0 Å². The molecule has 2 aromatic rings. The molecule has 0 aromatic heterocycles. The van der Waals surface area contributed by atoms with Crippen LogP contribution < -0.4 is 10.1 Å². The molecule has 2 aromatic carbocycles. The second-order valence-corrected chi connectivity index (χ2v) is 5.31. The Labute approximate surface area is 119 Å². The first-order valence-electron chi connectivity index (χ1n) is 6.98. The van der Waals surface area contributed by atoms with Crippen molar-refractivity contribution in [3.63, 3.8) is 0 Å². The van der Waals surface area contributed by atoms with Crippen LogP contribution >= 0.6 is 0 Å². The van der Waals surface area contributed by atoms with Gasteiger partial charge in [0.05, 0.1) is 6.04 Å². The van der Waals surface area contributed by atoms with E-state index in [0.717, 1.165) is 17.9 Å². The fourth-order valence-electron chi connectivity index (χ4n) is 2.59. The van der Waals surface area contributed by atoms with Crippen LogP contribution in [0.3, 0.4) is 0 Å². The van der Waals surface area contributed by atoms with Crippen LogP contribution in [-0.4, -0.2) is 18.3 Å². The first-order chi connectivity index (χ1) is 9.74. The van der Waals surface area contributed by atoms with Crippen LogP contribution in [0.1, 0.15) is 30.0 Å². The summed E-state index contributed by atoms with van der Waals surface area (Å²) in [6.07, 6.45) is 0. The maximum absolute atomic E-state index is 9.45. The molecule has 20 heavy (non-hydrogen) atoms. The number of phenolic OH excluding ortho intramolecular Hbond substituents is 1. The number of hydrogen-bond acceptors (Lipinski definition) is 3. The van der Waals surface area contributed by atoms with E-state index in [1.807, 2.05) is 12.1 Å². The summed E-state index contributed by atoms with van der Waals surface area (Å²) in [5.41, 5.74) is 2.47. The van der Waals surface area contributed by atoms with Crippen molar-refractivity contribution in [3.8, 4) is 11.5 Å². The highest BCUT2D eigenvalue weighted by molar-refractivity contribution is 5.44. The molecule has 1 aliphatic heterocycles. The standard InChI is InChI=1S/C17H19NO2/c1-12(13-5-3-2-4-6-13)10-18-16-11-20-17-9-14(19)7-8-15(16)17/h2-9,12,16,18-19H,10-11H2,1H3. The van der Waals surface area contributed by atoms with Crippen molar-refractivity contribution in [2.24, 2.45) is 0 Å². The summed E-state index contributed by atoms with van der Waals surface area (Å²) >= 11 is 0. The molecule has 3 heteroatoms. The van der Waals surface area contributed by atoms with Gasteiger partial charge in [-0.25, -0.2) is 0 Å². The lowest BCUT2D eigenvalue weighted by Crippen LogP contribution is -2.26. The lowest BCUT2D eigenvalue weighted by atomic mass is 10.0. The highest BCUT2D eigenvalue weighted by Crippen LogP contribution is 2.35. The second-order valence-electron chi connectivity index (χ2n) is 5.31. The van der Waals surface area contributed by atoms with Crippen molar-refractivity contribution in [2.45, 2.75) is 18.9 Å². The SMILES string of the molecule is CC(CNC1COc2cc(O)ccc21)c1ccccc1. The molecule has 1 heterocycles. The van der Waals surface area contributed by atoms with Gasteiger partial charge in [0, 0.05) is 18.2 Å². The second kappa shape index (κ2) is 5.55. The Morgan fingerprint density at radius 2 is 2.05 bits per heavy atom. The lowest BCUT2D eigenvalue weighted by molar-refractivity contribution is 0.308. The number of benzene rings is 2. The maximum Gasteiger partial charge on any atom is 0.127 e. The largest absolute Gasteiger partial charge is 0.508 e. The first-order valence-corrected chi connectivity index (χ1v) is 6.98. The number of hydrogen-bond donors (Lipinski definition) is 2. The van der Waals surface area contributed by atoms with Crippen LogP contribution in [0.25, 0.3) is 0 Å². The molecule has 3 nitrogen and oxygen atoms in total. The van der Waals surface area contributed by atoms with E-state index >= 15 is 0 Å². The molecule has 2 N–H and O–H groups in total. The summed E-state index contributed by atoms with van der Waals surface area (Å²) in [5.74, 6) is 1.49. The minimum atomic E-state index is 0.205. The minimum Gasteiger partial charge on any atom is -0.508 e. The smallest absolute Gasteiger partial charge is 0.127 e. The van der Waals surface area contributed by atoms with E-state index in [1.165, 1.54) is 5.56 Å². The Hall–Kier alpha value is -2.00. The van der Waals surface area contributed by atoms with Crippen LogP contribution in [0, 0.1) is 0 Å². The number of fused-ring (bicyclic) bond motifs is 1. The van der Waals surface area contributed by atoms with Gasteiger partial charge in [0.25, 0.3) is 0 Å². The van der Waals surface area contributed by atoms with E-state index in [-0.39, 0.29) is 11.8 Å². The van der Waals surface area contributed by atoms with Crippen LogP contribution in [0.15, 0.2) is 48.5 Å². The van der Waals surface area contributed by atoms with Gasteiger partial charge in [0.1, 0.15) is 18.1 Å². The van der Waals surface area contributed by atoms with Gasteiger partial charge >= 0.3 is 0 Å². The first kappa shape index (κ1) is 13.0. The topological polar surface area (TPSA) is 41.5 Å². The molecule has 0 saturated carbocycles. The van der Waals surface area contributed by atoms with Gasteiger partial charge in [-0.1, -0.05) is 37.3 Å². The van der Waals surface area contributed by atoms with E-state index in [0.29, 0.717) is 12.5 Å². The average Bonchev–Trinajstić information content (AvgIpc) is 2.88. The zero-order valence-corrected chi connectivity index (χ0v) is 11.5. The molecule has 0 aliphatic carbocycles. The monoisotopic (exact) mass is 269 g/mol. The van der Waals surface area contributed by atoms with E-state index < -0.39 is 0 Å². The fraction of sp³-hybridized carbons (Fsp3) is 0.294. The van der Waals surface area contributed by atoms with Gasteiger partial charge in [-0.3, -0.25) is 0 Å². The quantitative estimate of drug-likeness (QED) is 0.895. The summed E-state index contributed by atoms with van der Waals surface area (Å²) < 4.78 is 5.61. The van der Waals surface area contributed by atoms with E-state index in [4.69, 9.17) is 4.74 Å². The molecule has 0 fully saturated rings. The highest BCUT2D eigenvalue weighted by Gasteiger charge is 2.24. The third kappa shape index (κ3) is 2.63.